The molecular formula is C22H15ClN2O4. The van der Waals surface area contributed by atoms with Gasteiger partial charge in [0.15, 0.2) is 0 Å². The molecular weight excluding hydrogens is 392 g/mol. The summed E-state index contributed by atoms with van der Waals surface area (Å²) in [6.07, 6.45) is 0. The molecule has 7 heteroatoms. The van der Waals surface area contributed by atoms with Gasteiger partial charge in [-0.15, -0.1) is 0 Å². The van der Waals surface area contributed by atoms with Crippen LogP contribution in [0.15, 0.2) is 66.7 Å². The first-order valence-corrected chi connectivity index (χ1v) is 9.10. The number of imide groups is 1. The van der Waals surface area contributed by atoms with Crippen molar-refractivity contribution in [1.29, 1.82) is 0 Å². The van der Waals surface area contributed by atoms with Gasteiger partial charge in [0.05, 0.1) is 29.5 Å². The van der Waals surface area contributed by atoms with E-state index >= 15 is 0 Å². The number of hydrogen-bond acceptors (Lipinski definition) is 4. The van der Waals surface area contributed by atoms with E-state index in [1.165, 1.54) is 13.2 Å². The van der Waals surface area contributed by atoms with Crippen LogP contribution in [0.3, 0.4) is 0 Å². The van der Waals surface area contributed by atoms with Crippen LogP contribution in [0.2, 0.25) is 5.02 Å². The Balaban J connectivity index is 1.55. The summed E-state index contributed by atoms with van der Waals surface area (Å²) in [7, 11) is 1.47. The van der Waals surface area contributed by atoms with E-state index < -0.39 is 5.91 Å². The van der Waals surface area contributed by atoms with Gasteiger partial charge in [0.2, 0.25) is 0 Å². The van der Waals surface area contributed by atoms with E-state index in [1.807, 2.05) is 0 Å². The summed E-state index contributed by atoms with van der Waals surface area (Å²) in [5.74, 6) is -0.732. The lowest BCUT2D eigenvalue weighted by atomic mass is 10.1. The zero-order valence-electron chi connectivity index (χ0n) is 15.3. The number of halogens is 1. The molecule has 3 amide bonds. The Morgan fingerprint density at radius 2 is 1.55 bits per heavy atom. The Kier molecular flexibility index (Phi) is 4.78. The average Bonchev–Trinajstić information content (AvgIpc) is 2.99. The summed E-state index contributed by atoms with van der Waals surface area (Å²) in [5.41, 5.74) is 1.97. The Bertz CT molecular complexity index is 1110. The maximum Gasteiger partial charge on any atom is 0.266 e. The SMILES string of the molecule is COc1ccc(Cl)cc1C(=O)Nc1ccc(N2C(=O)c3ccccc3C2=O)cc1. The molecule has 0 radical (unpaired) electrons. The van der Waals surface area contributed by atoms with Crippen LogP contribution in [-0.4, -0.2) is 24.8 Å². The number of ether oxygens (including phenoxy) is 1. The molecule has 0 saturated heterocycles. The van der Waals surface area contributed by atoms with E-state index in [4.69, 9.17) is 16.3 Å². The second-order valence-corrected chi connectivity index (χ2v) is 6.77. The topological polar surface area (TPSA) is 75.7 Å². The van der Waals surface area contributed by atoms with Crippen LogP contribution in [0, 0.1) is 0 Å². The second kappa shape index (κ2) is 7.41. The maximum absolute atomic E-state index is 12.6. The lowest BCUT2D eigenvalue weighted by Crippen LogP contribution is -2.29. The molecule has 29 heavy (non-hydrogen) atoms. The van der Waals surface area contributed by atoms with Crippen LogP contribution in [-0.2, 0) is 0 Å². The Morgan fingerprint density at radius 1 is 0.931 bits per heavy atom. The molecule has 0 spiro atoms. The minimum atomic E-state index is -0.391. The number of nitrogens with zero attached hydrogens (tertiary/aromatic N) is 1. The van der Waals surface area contributed by atoms with Crippen molar-refractivity contribution in [2.24, 2.45) is 0 Å². The van der Waals surface area contributed by atoms with Crippen molar-refractivity contribution in [3.63, 3.8) is 0 Å². The van der Waals surface area contributed by atoms with Gasteiger partial charge in [-0.3, -0.25) is 14.4 Å². The van der Waals surface area contributed by atoms with Gasteiger partial charge in [-0.05, 0) is 54.6 Å². The first-order valence-electron chi connectivity index (χ1n) is 8.72. The summed E-state index contributed by atoms with van der Waals surface area (Å²) >= 11 is 5.98. The molecule has 0 unspecified atom stereocenters. The number of hydrogen-bond donors (Lipinski definition) is 1. The van der Waals surface area contributed by atoms with E-state index in [-0.39, 0.29) is 11.8 Å². The van der Waals surface area contributed by atoms with Crippen LogP contribution in [0.4, 0.5) is 11.4 Å². The number of fused-ring (bicyclic) bond motifs is 1. The Morgan fingerprint density at radius 3 is 2.14 bits per heavy atom. The Labute approximate surface area is 171 Å². The summed E-state index contributed by atoms with van der Waals surface area (Å²) in [4.78, 5) is 38.8. The molecule has 6 nitrogen and oxygen atoms in total. The van der Waals surface area contributed by atoms with Crippen molar-refractivity contribution in [3.05, 3.63) is 88.4 Å². The highest BCUT2D eigenvalue weighted by molar-refractivity contribution is 6.34. The Hall–Kier alpha value is -3.64. The van der Waals surface area contributed by atoms with E-state index in [2.05, 4.69) is 5.32 Å². The highest BCUT2D eigenvalue weighted by Crippen LogP contribution is 2.29. The molecule has 0 aromatic heterocycles. The van der Waals surface area contributed by atoms with E-state index in [0.29, 0.717) is 38.8 Å². The van der Waals surface area contributed by atoms with Crippen LogP contribution in [0.25, 0.3) is 0 Å². The minimum absolute atomic E-state index is 0.296. The van der Waals surface area contributed by atoms with Crippen LogP contribution in [0.5, 0.6) is 5.75 Å². The van der Waals surface area contributed by atoms with E-state index in [9.17, 15) is 14.4 Å². The molecule has 1 aliphatic rings. The molecule has 0 fully saturated rings. The predicted molar refractivity (Wildman–Crippen MR) is 110 cm³/mol. The molecule has 144 valence electrons. The van der Waals surface area contributed by atoms with Crippen LogP contribution < -0.4 is 15.0 Å². The largest absolute Gasteiger partial charge is 0.496 e. The van der Waals surface area contributed by atoms with Gasteiger partial charge >= 0.3 is 0 Å². The van der Waals surface area contributed by atoms with Gasteiger partial charge in [-0.25, -0.2) is 4.90 Å². The lowest BCUT2D eigenvalue weighted by molar-refractivity contribution is 0.0924. The fourth-order valence-corrected chi connectivity index (χ4v) is 3.35. The molecule has 1 aliphatic heterocycles. The first-order chi connectivity index (χ1) is 14.0. The molecule has 0 aliphatic carbocycles. The molecule has 0 saturated carbocycles. The summed E-state index contributed by atoms with van der Waals surface area (Å²) in [5, 5.41) is 3.17. The molecule has 3 aromatic carbocycles. The molecule has 0 bridgehead atoms. The van der Waals surface area contributed by atoms with Crippen molar-refractivity contribution in [3.8, 4) is 5.75 Å². The van der Waals surface area contributed by atoms with Crippen molar-refractivity contribution >= 4 is 40.7 Å². The smallest absolute Gasteiger partial charge is 0.266 e. The predicted octanol–water partition coefficient (Wildman–Crippen LogP) is 4.40. The number of carbonyl (C=O) groups excluding carboxylic acids is 3. The molecule has 1 heterocycles. The summed E-state index contributed by atoms with van der Waals surface area (Å²) in [6.45, 7) is 0. The van der Waals surface area contributed by atoms with Crippen molar-refractivity contribution < 1.29 is 19.1 Å². The number of benzene rings is 3. The van der Waals surface area contributed by atoms with Crippen molar-refractivity contribution in [1.82, 2.24) is 0 Å². The average molecular weight is 407 g/mol. The number of anilines is 2. The van der Waals surface area contributed by atoms with Crippen LogP contribution in [0.1, 0.15) is 31.1 Å². The third-order valence-electron chi connectivity index (χ3n) is 4.58. The standard InChI is InChI=1S/C22H15ClN2O4/c1-29-19-11-6-13(23)12-18(19)20(26)24-14-7-9-15(10-8-14)25-21(27)16-4-2-3-5-17(16)22(25)28/h2-12H,1H3,(H,24,26). The van der Waals surface area contributed by atoms with Gasteiger partial charge in [0, 0.05) is 10.7 Å². The highest BCUT2D eigenvalue weighted by Gasteiger charge is 2.36. The van der Waals surface area contributed by atoms with Gasteiger partial charge in [0.1, 0.15) is 5.75 Å². The fraction of sp³-hybridized carbons (Fsp3) is 0.0455. The summed E-state index contributed by atoms with van der Waals surface area (Å²) < 4.78 is 5.20. The molecule has 1 N–H and O–H groups in total. The normalized spacial score (nSPS) is 12.7. The summed E-state index contributed by atoms with van der Waals surface area (Å²) in [6, 6.07) is 17.9. The van der Waals surface area contributed by atoms with E-state index in [1.54, 1.807) is 60.7 Å². The van der Waals surface area contributed by atoms with Gasteiger partial charge < -0.3 is 10.1 Å². The monoisotopic (exact) mass is 406 g/mol. The first kappa shape index (κ1) is 18.7. The van der Waals surface area contributed by atoms with Crippen LogP contribution >= 0.6 is 11.6 Å². The van der Waals surface area contributed by atoms with Gasteiger partial charge in [0.25, 0.3) is 17.7 Å². The number of rotatable bonds is 4. The maximum atomic E-state index is 12.6. The third-order valence-corrected chi connectivity index (χ3v) is 4.82. The third kappa shape index (κ3) is 3.34. The molecule has 4 rings (SSSR count). The highest BCUT2D eigenvalue weighted by atomic mass is 35.5. The van der Waals surface area contributed by atoms with Gasteiger partial charge in [-0.2, -0.15) is 0 Å². The van der Waals surface area contributed by atoms with Crippen molar-refractivity contribution in [2.75, 3.05) is 17.3 Å². The molecule has 0 atom stereocenters. The zero-order valence-corrected chi connectivity index (χ0v) is 16.1. The minimum Gasteiger partial charge on any atom is -0.496 e. The quantitative estimate of drug-likeness (QED) is 0.651. The number of carbonyl (C=O) groups is 3. The zero-order chi connectivity index (χ0) is 20.5. The number of nitrogens with one attached hydrogen (secondary N) is 1. The lowest BCUT2D eigenvalue weighted by Gasteiger charge is -2.15. The van der Waals surface area contributed by atoms with E-state index in [0.717, 1.165) is 4.90 Å². The number of methoxy groups -OCH3 is 1. The van der Waals surface area contributed by atoms with Crippen molar-refractivity contribution in [2.45, 2.75) is 0 Å². The van der Waals surface area contributed by atoms with Gasteiger partial charge in [-0.1, -0.05) is 23.7 Å². The second-order valence-electron chi connectivity index (χ2n) is 6.34. The molecule has 3 aromatic rings. The number of amides is 3. The fourth-order valence-electron chi connectivity index (χ4n) is 3.17.